The molecular formula is C18H20FNO. The first kappa shape index (κ1) is 14.1. The summed E-state index contributed by atoms with van der Waals surface area (Å²) < 4.78 is 13.6. The Bertz CT molecular complexity index is 598. The molecule has 1 aliphatic rings. The first-order valence-electron chi connectivity index (χ1n) is 7.37. The van der Waals surface area contributed by atoms with Crippen molar-refractivity contribution in [2.75, 3.05) is 18.0 Å². The molecule has 0 spiro atoms. The third kappa shape index (κ3) is 2.93. The lowest BCUT2D eigenvalue weighted by molar-refractivity contribution is 0.0114. The number of rotatable bonds is 2. The molecule has 0 saturated carbocycles. The highest BCUT2D eigenvalue weighted by Gasteiger charge is 2.34. The summed E-state index contributed by atoms with van der Waals surface area (Å²) in [4.78, 5) is 2.26. The highest BCUT2D eigenvalue weighted by molar-refractivity contribution is 5.47. The minimum atomic E-state index is -0.919. The lowest BCUT2D eigenvalue weighted by atomic mass is 9.83. The van der Waals surface area contributed by atoms with Gasteiger partial charge in [0.25, 0.3) is 0 Å². The molecule has 0 bridgehead atoms. The fourth-order valence-corrected chi connectivity index (χ4v) is 3.07. The van der Waals surface area contributed by atoms with Gasteiger partial charge in [-0.05, 0) is 55.2 Å². The van der Waals surface area contributed by atoms with E-state index < -0.39 is 5.60 Å². The van der Waals surface area contributed by atoms with E-state index in [9.17, 15) is 9.50 Å². The van der Waals surface area contributed by atoms with Crippen LogP contribution in [0.2, 0.25) is 0 Å². The molecule has 2 nitrogen and oxygen atoms in total. The van der Waals surface area contributed by atoms with E-state index in [1.807, 2.05) is 31.2 Å². The van der Waals surface area contributed by atoms with E-state index in [1.165, 1.54) is 17.8 Å². The molecular weight excluding hydrogens is 265 g/mol. The van der Waals surface area contributed by atoms with Gasteiger partial charge in [-0.2, -0.15) is 0 Å². The Morgan fingerprint density at radius 2 is 1.71 bits per heavy atom. The van der Waals surface area contributed by atoms with Crippen LogP contribution in [0.3, 0.4) is 0 Å². The zero-order valence-electron chi connectivity index (χ0n) is 12.2. The zero-order valence-corrected chi connectivity index (χ0v) is 12.2. The third-order valence-electron chi connectivity index (χ3n) is 4.29. The summed E-state index contributed by atoms with van der Waals surface area (Å²) in [5.41, 5.74) is 1.81. The Morgan fingerprint density at radius 1 is 1.05 bits per heavy atom. The minimum Gasteiger partial charge on any atom is -0.385 e. The van der Waals surface area contributed by atoms with Crippen LogP contribution < -0.4 is 4.90 Å². The number of hydrogen-bond donors (Lipinski definition) is 1. The summed E-state index contributed by atoms with van der Waals surface area (Å²) in [7, 11) is 0. The molecule has 0 amide bonds. The van der Waals surface area contributed by atoms with Gasteiger partial charge in [0.2, 0.25) is 0 Å². The average Bonchev–Trinajstić information content (AvgIpc) is 2.48. The molecule has 0 unspecified atom stereocenters. The monoisotopic (exact) mass is 285 g/mol. The number of aryl methyl sites for hydroxylation is 1. The lowest BCUT2D eigenvalue weighted by Crippen LogP contribution is -2.42. The SMILES string of the molecule is Cc1cc(F)cc(C2(O)CCN(c3ccccc3)CC2)c1. The number of para-hydroxylation sites is 1. The van der Waals surface area contributed by atoms with Crippen LogP contribution in [0.5, 0.6) is 0 Å². The van der Waals surface area contributed by atoms with E-state index in [0.29, 0.717) is 18.4 Å². The van der Waals surface area contributed by atoms with Crippen LogP contribution in [0.25, 0.3) is 0 Å². The number of nitrogens with zero attached hydrogens (tertiary/aromatic N) is 1. The molecule has 0 aromatic heterocycles. The number of aliphatic hydroxyl groups is 1. The van der Waals surface area contributed by atoms with Crippen LogP contribution >= 0.6 is 0 Å². The maximum absolute atomic E-state index is 13.6. The Morgan fingerprint density at radius 3 is 2.33 bits per heavy atom. The summed E-state index contributed by atoms with van der Waals surface area (Å²) in [6.45, 7) is 3.40. The molecule has 0 radical (unpaired) electrons. The van der Waals surface area contributed by atoms with E-state index >= 15 is 0 Å². The number of benzene rings is 2. The number of hydrogen-bond acceptors (Lipinski definition) is 2. The second-order valence-electron chi connectivity index (χ2n) is 5.87. The molecule has 2 aromatic rings. The van der Waals surface area contributed by atoms with Gasteiger partial charge in [-0.25, -0.2) is 4.39 Å². The van der Waals surface area contributed by atoms with Crippen molar-refractivity contribution in [2.24, 2.45) is 0 Å². The van der Waals surface area contributed by atoms with Crippen LogP contribution in [0.4, 0.5) is 10.1 Å². The van der Waals surface area contributed by atoms with Crippen molar-refractivity contribution in [1.82, 2.24) is 0 Å². The predicted octanol–water partition coefficient (Wildman–Crippen LogP) is 3.62. The Balaban J connectivity index is 1.77. The Kier molecular flexibility index (Phi) is 3.68. The van der Waals surface area contributed by atoms with E-state index in [0.717, 1.165) is 18.7 Å². The van der Waals surface area contributed by atoms with E-state index in [-0.39, 0.29) is 5.82 Å². The van der Waals surface area contributed by atoms with Gasteiger partial charge in [0, 0.05) is 18.8 Å². The standard InChI is InChI=1S/C18H20FNO/c1-14-11-15(13-16(19)12-14)18(21)7-9-20(10-8-18)17-5-3-2-4-6-17/h2-6,11-13,21H,7-10H2,1H3. The second kappa shape index (κ2) is 5.49. The Hall–Kier alpha value is -1.87. The smallest absolute Gasteiger partial charge is 0.123 e. The largest absolute Gasteiger partial charge is 0.385 e. The van der Waals surface area contributed by atoms with Crippen LogP contribution in [0, 0.1) is 12.7 Å². The molecule has 1 fully saturated rings. The molecule has 1 aliphatic heterocycles. The van der Waals surface area contributed by atoms with Crippen molar-refractivity contribution >= 4 is 5.69 Å². The molecule has 21 heavy (non-hydrogen) atoms. The van der Waals surface area contributed by atoms with Gasteiger partial charge in [0.05, 0.1) is 5.60 Å². The Labute approximate surface area is 124 Å². The molecule has 1 N–H and O–H groups in total. The topological polar surface area (TPSA) is 23.5 Å². The van der Waals surface area contributed by atoms with E-state index in [4.69, 9.17) is 0 Å². The zero-order chi connectivity index (χ0) is 14.9. The maximum atomic E-state index is 13.6. The van der Waals surface area contributed by atoms with E-state index in [2.05, 4.69) is 17.0 Å². The highest BCUT2D eigenvalue weighted by atomic mass is 19.1. The van der Waals surface area contributed by atoms with Crippen LogP contribution in [0.1, 0.15) is 24.0 Å². The molecule has 1 saturated heterocycles. The normalized spacial score (nSPS) is 17.8. The summed E-state index contributed by atoms with van der Waals surface area (Å²) in [6, 6.07) is 15.0. The average molecular weight is 285 g/mol. The van der Waals surface area contributed by atoms with Crippen molar-refractivity contribution in [3.8, 4) is 0 Å². The van der Waals surface area contributed by atoms with Crippen molar-refractivity contribution < 1.29 is 9.50 Å². The van der Waals surface area contributed by atoms with Gasteiger partial charge >= 0.3 is 0 Å². The van der Waals surface area contributed by atoms with Crippen LogP contribution in [-0.2, 0) is 5.60 Å². The highest BCUT2D eigenvalue weighted by Crippen LogP contribution is 2.35. The fraction of sp³-hybridized carbons (Fsp3) is 0.333. The predicted molar refractivity (Wildman–Crippen MR) is 82.9 cm³/mol. The summed E-state index contributed by atoms with van der Waals surface area (Å²) >= 11 is 0. The first-order chi connectivity index (χ1) is 10.1. The lowest BCUT2D eigenvalue weighted by Gasteiger charge is -2.39. The van der Waals surface area contributed by atoms with Crippen molar-refractivity contribution in [1.29, 1.82) is 0 Å². The molecule has 1 heterocycles. The first-order valence-corrected chi connectivity index (χ1v) is 7.37. The van der Waals surface area contributed by atoms with Crippen molar-refractivity contribution in [3.63, 3.8) is 0 Å². The molecule has 2 aromatic carbocycles. The fourth-order valence-electron chi connectivity index (χ4n) is 3.07. The number of piperidine rings is 1. The summed E-state index contributed by atoms with van der Waals surface area (Å²) in [5.74, 6) is -0.274. The molecule has 0 atom stereocenters. The van der Waals surface area contributed by atoms with E-state index in [1.54, 1.807) is 0 Å². The van der Waals surface area contributed by atoms with Gasteiger partial charge < -0.3 is 10.0 Å². The van der Waals surface area contributed by atoms with Crippen molar-refractivity contribution in [3.05, 3.63) is 65.5 Å². The number of anilines is 1. The third-order valence-corrected chi connectivity index (χ3v) is 4.29. The van der Waals surface area contributed by atoms with Crippen LogP contribution in [0.15, 0.2) is 48.5 Å². The van der Waals surface area contributed by atoms with Gasteiger partial charge in [-0.1, -0.05) is 24.3 Å². The quantitative estimate of drug-likeness (QED) is 0.911. The number of halogens is 1. The summed E-state index contributed by atoms with van der Waals surface area (Å²) in [6.07, 6.45) is 1.23. The van der Waals surface area contributed by atoms with Crippen molar-refractivity contribution in [2.45, 2.75) is 25.4 Å². The molecule has 3 rings (SSSR count). The maximum Gasteiger partial charge on any atom is 0.123 e. The van der Waals surface area contributed by atoms with Gasteiger partial charge in [-0.15, -0.1) is 0 Å². The molecule has 0 aliphatic carbocycles. The minimum absolute atomic E-state index is 0.274. The summed E-state index contributed by atoms with van der Waals surface area (Å²) in [5, 5.41) is 10.9. The van der Waals surface area contributed by atoms with Gasteiger partial charge in [-0.3, -0.25) is 0 Å². The van der Waals surface area contributed by atoms with Gasteiger partial charge in [0.15, 0.2) is 0 Å². The van der Waals surface area contributed by atoms with Crippen LogP contribution in [-0.4, -0.2) is 18.2 Å². The molecule has 110 valence electrons. The van der Waals surface area contributed by atoms with Gasteiger partial charge in [0.1, 0.15) is 5.82 Å². The second-order valence-corrected chi connectivity index (χ2v) is 5.87. The molecule has 3 heteroatoms.